The van der Waals surface area contributed by atoms with E-state index in [0.29, 0.717) is 6.42 Å². The molecule has 0 aromatic rings. The van der Waals surface area contributed by atoms with Gasteiger partial charge in [0.05, 0.1) is 12.0 Å². The van der Waals surface area contributed by atoms with Crippen molar-refractivity contribution in [2.45, 2.75) is 45.1 Å². The van der Waals surface area contributed by atoms with Gasteiger partial charge in [-0.3, -0.25) is 4.79 Å². The number of hydrogen-bond acceptors (Lipinski definition) is 2. The highest BCUT2D eigenvalue weighted by atomic mass is 16.4. The van der Waals surface area contributed by atoms with Crippen molar-refractivity contribution in [2.75, 3.05) is 0 Å². The molecule has 0 bridgehead atoms. The first kappa shape index (κ1) is 10.7. The van der Waals surface area contributed by atoms with Crippen molar-refractivity contribution < 1.29 is 15.0 Å². The van der Waals surface area contributed by atoms with Crippen LogP contribution in [-0.4, -0.2) is 22.3 Å². The lowest BCUT2D eigenvalue weighted by Crippen LogP contribution is -2.40. The van der Waals surface area contributed by atoms with Gasteiger partial charge in [0.2, 0.25) is 0 Å². The van der Waals surface area contributed by atoms with Gasteiger partial charge in [-0.2, -0.15) is 0 Å². The maximum absolute atomic E-state index is 11.3. The van der Waals surface area contributed by atoms with Gasteiger partial charge < -0.3 is 10.2 Å². The molecule has 1 fully saturated rings. The van der Waals surface area contributed by atoms with Crippen LogP contribution in [0.4, 0.5) is 0 Å². The van der Waals surface area contributed by atoms with Crippen LogP contribution < -0.4 is 0 Å². The van der Waals surface area contributed by atoms with E-state index < -0.39 is 12.1 Å². The van der Waals surface area contributed by atoms with E-state index in [2.05, 4.69) is 0 Å². The molecule has 0 amide bonds. The van der Waals surface area contributed by atoms with Gasteiger partial charge in [-0.15, -0.1) is 0 Å². The van der Waals surface area contributed by atoms with Crippen molar-refractivity contribution in [3.8, 4) is 0 Å². The normalized spacial score (nSPS) is 34.1. The lowest BCUT2D eigenvalue weighted by atomic mass is 9.64. The SMILES string of the molecule is CC1=CC(O)CC2(CCCC2)C1C(=O)O. The molecule has 2 unspecified atom stereocenters. The van der Waals surface area contributed by atoms with Crippen LogP contribution in [0, 0.1) is 11.3 Å². The molecule has 2 atom stereocenters. The van der Waals surface area contributed by atoms with E-state index in [9.17, 15) is 15.0 Å². The zero-order chi connectivity index (χ0) is 11.1. The number of rotatable bonds is 1. The molecular weight excluding hydrogens is 192 g/mol. The predicted octanol–water partition coefficient (Wildman–Crippen LogP) is 1.96. The highest BCUT2D eigenvalue weighted by molar-refractivity contribution is 5.75. The molecule has 1 saturated carbocycles. The number of carbonyl (C=O) groups is 1. The lowest BCUT2D eigenvalue weighted by molar-refractivity contribution is -0.146. The summed E-state index contributed by atoms with van der Waals surface area (Å²) in [5.74, 6) is -1.10. The summed E-state index contributed by atoms with van der Waals surface area (Å²) in [6, 6.07) is 0. The third-order valence-corrected chi connectivity index (χ3v) is 3.98. The number of carboxylic acids is 1. The third kappa shape index (κ3) is 1.69. The summed E-state index contributed by atoms with van der Waals surface area (Å²) in [6.07, 6.45) is 5.99. The molecule has 84 valence electrons. The van der Waals surface area contributed by atoms with Crippen LogP contribution in [0.2, 0.25) is 0 Å². The fraction of sp³-hybridized carbons (Fsp3) is 0.750. The lowest BCUT2D eigenvalue weighted by Gasteiger charge is -2.40. The van der Waals surface area contributed by atoms with Gasteiger partial charge in [0, 0.05) is 0 Å². The van der Waals surface area contributed by atoms with Gasteiger partial charge in [-0.05, 0) is 31.6 Å². The van der Waals surface area contributed by atoms with Crippen LogP contribution in [0.1, 0.15) is 39.0 Å². The Hall–Kier alpha value is -0.830. The molecule has 0 aromatic heterocycles. The topological polar surface area (TPSA) is 57.5 Å². The number of aliphatic carboxylic acids is 1. The van der Waals surface area contributed by atoms with Gasteiger partial charge in [-0.25, -0.2) is 0 Å². The average molecular weight is 210 g/mol. The molecule has 2 aliphatic carbocycles. The molecule has 0 saturated heterocycles. The summed E-state index contributed by atoms with van der Waals surface area (Å²) in [7, 11) is 0. The minimum absolute atomic E-state index is 0.163. The van der Waals surface area contributed by atoms with E-state index in [4.69, 9.17) is 0 Å². The van der Waals surface area contributed by atoms with Crippen LogP contribution in [0.3, 0.4) is 0 Å². The quantitative estimate of drug-likeness (QED) is 0.650. The van der Waals surface area contributed by atoms with E-state index in [1.165, 1.54) is 0 Å². The molecule has 0 radical (unpaired) electrons. The van der Waals surface area contributed by atoms with Crippen LogP contribution in [0.5, 0.6) is 0 Å². The summed E-state index contributed by atoms with van der Waals surface area (Å²) >= 11 is 0. The van der Waals surface area contributed by atoms with Crippen molar-refractivity contribution in [1.29, 1.82) is 0 Å². The molecule has 0 aromatic carbocycles. The average Bonchev–Trinajstić information content (AvgIpc) is 2.50. The standard InChI is InChI=1S/C12H18O3/c1-8-6-9(13)7-12(4-2-3-5-12)10(8)11(14)15/h6,9-10,13H,2-5,7H2,1H3,(H,14,15). The van der Waals surface area contributed by atoms with E-state index in [1.807, 2.05) is 6.92 Å². The summed E-state index contributed by atoms with van der Waals surface area (Å²) < 4.78 is 0. The summed E-state index contributed by atoms with van der Waals surface area (Å²) in [4.78, 5) is 11.3. The van der Waals surface area contributed by atoms with Gasteiger partial charge in [0.25, 0.3) is 0 Å². The monoisotopic (exact) mass is 210 g/mol. The first-order valence-electron chi connectivity index (χ1n) is 5.64. The first-order chi connectivity index (χ1) is 7.05. The first-order valence-corrected chi connectivity index (χ1v) is 5.64. The van der Waals surface area contributed by atoms with Crippen LogP contribution >= 0.6 is 0 Å². The second-order valence-electron chi connectivity index (χ2n) is 5.02. The molecule has 15 heavy (non-hydrogen) atoms. The third-order valence-electron chi connectivity index (χ3n) is 3.98. The minimum Gasteiger partial charge on any atom is -0.481 e. The number of aliphatic hydroxyl groups excluding tert-OH is 1. The Morgan fingerprint density at radius 3 is 2.60 bits per heavy atom. The minimum atomic E-state index is -0.724. The van der Waals surface area contributed by atoms with E-state index in [0.717, 1.165) is 31.3 Å². The molecule has 3 heteroatoms. The highest BCUT2D eigenvalue weighted by Crippen LogP contribution is 2.52. The van der Waals surface area contributed by atoms with Gasteiger partial charge in [-0.1, -0.05) is 24.5 Å². The molecule has 3 nitrogen and oxygen atoms in total. The Morgan fingerprint density at radius 2 is 2.07 bits per heavy atom. The highest BCUT2D eigenvalue weighted by Gasteiger charge is 2.48. The molecule has 0 aliphatic heterocycles. The molecule has 0 heterocycles. The summed E-state index contributed by atoms with van der Waals surface area (Å²) in [5.41, 5.74) is 0.674. The number of aliphatic hydroxyl groups is 1. The molecule has 2 N–H and O–H groups in total. The second-order valence-corrected chi connectivity index (χ2v) is 5.02. The van der Waals surface area contributed by atoms with Crippen LogP contribution in [-0.2, 0) is 4.79 Å². The molecule has 2 rings (SSSR count). The van der Waals surface area contributed by atoms with Gasteiger partial charge >= 0.3 is 5.97 Å². The fourth-order valence-electron chi connectivity index (χ4n) is 3.50. The Labute approximate surface area is 89.8 Å². The predicted molar refractivity (Wildman–Crippen MR) is 56.4 cm³/mol. The van der Waals surface area contributed by atoms with Gasteiger partial charge in [0.1, 0.15) is 0 Å². The Bertz CT molecular complexity index is 300. The van der Waals surface area contributed by atoms with Crippen LogP contribution in [0.25, 0.3) is 0 Å². The zero-order valence-electron chi connectivity index (χ0n) is 9.07. The summed E-state index contributed by atoms with van der Waals surface area (Å²) in [5, 5.41) is 19.0. The molecular formula is C12H18O3. The second kappa shape index (κ2) is 3.63. The van der Waals surface area contributed by atoms with E-state index in [1.54, 1.807) is 6.08 Å². The van der Waals surface area contributed by atoms with Crippen molar-refractivity contribution in [3.05, 3.63) is 11.6 Å². The van der Waals surface area contributed by atoms with E-state index in [-0.39, 0.29) is 11.3 Å². The smallest absolute Gasteiger partial charge is 0.311 e. The zero-order valence-corrected chi connectivity index (χ0v) is 9.07. The maximum atomic E-state index is 11.3. The fourth-order valence-corrected chi connectivity index (χ4v) is 3.50. The van der Waals surface area contributed by atoms with E-state index >= 15 is 0 Å². The number of hydrogen-bond donors (Lipinski definition) is 2. The van der Waals surface area contributed by atoms with Crippen LogP contribution in [0.15, 0.2) is 11.6 Å². The van der Waals surface area contributed by atoms with Crippen molar-refractivity contribution >= 4 is 5.97 Å². The van der Waals surface area contributed by atoms with Crippen molar-refractivity contribution in [3.63, 3.8) is 0 Å². The maximum Gasteiger partial charge on any atom is 0.311 e. The number of carboxylic acid groups (broad SMARTS) is 1. The molecule has 2 aliphatic rings. The Kier molecular flexibility index (Phi) is 2.59. The molecule has 1 spiro atoms. The largest absolute Gasteiger partial charge is 0.481 e. The van der Waals surface area contributed by atoms with Crippen molar-refractivity contribution in [2.24, 2.45) is 11.3 Å². The Balaban J connectivity index is 2.36. The summed E-state index contributed by atoms with van der Waals surface area (Å²) in [6.45, 7) is 1.83. The Morgan fingerprint density at radius 1 is 1.47 bits per heavy atom. The van der Waals surface area contributed by atoms with Crippen molar-refractivity contribution in [1.82, 2.24) is 0 Å². The van der Waals surface area contributed by atoms with Gasteiger partial charge in [0.15, 0.2) is 0 Å².